The molecule has 0 aromatic heterocycles. The zero-order chi connectivity index (χ0) is 14.6. The number of benzene rings is 1. The molecule has 0 saturated heterocycles. The van der Waals surface area contributed by atoms with Gasteiger partial charge in [0.05, 0.1) is 12.1 Å². The third-order valence-corrected chi connectivity index (χ3v) is 2.13. The van der Waals surface area contributed by atoms with Crippen molar-refractivity contribution < 1.29 is 19.1 Å². The van der Waals surface area contributed by atoms with E-state index in [4.69, 9.17) is 0 Å². The molecule has 0 aliphatic carbocycles. The summed E-state index contributed by atoms with van der Waals surface area (Å²) < 4.78 is 13.0. The van der Waals surface area contributed by atoms with E-state index in [2.05, 4.69) is 10.6 Å². The van der Waals surface area contributed by atoms with Gasteiger partial charge in [-0.15, -0.1) is 0 Å². The Kier molecular flexibility index (Phi) is 4.47. The molecule has 0 fully saturated rings. The fourth-order valence-electron chi connectivity index (χ4n) is 1.41. The van der Waals surface area contributed by atoms with E-state index in [1.807, 2.05) is 20.8 Å². The molecule has 3 N–H and O–H groups in total. The fourth-order valence-corrected chi connectivity index (χ4v) is 1.41. The number of hydrogen-bond donors (Lipinski definition) is 3. The number of hydrogen-bond acceptors (Lipinski definition) is 3. The van der Waals surface area contributed by atoms with Gasteiger partial charge in [0.1, 0.15) is 11.6 Å². The Hall–Kier alpha value is -2.11. The van der Waals surface area contributed by atoms with E-state index in [1.165, 1.54) is 0 Å². The number of carbonyl (C=O) groups is 2. The number of amides is 2. The maximum absolute atomic E-state index is 13.0. The minimum absolute atomic E-state index is 0.205. The average molecular weight is 268 g/mol. The Morgan fingerprint density at radius 3 is 2.53 bits per heavy atom. The third kappa shape index (κ3) is 4.95. The van der Waals surface area contributed by atoms with Crippen LogP contribution in [0.2, 0.25) is 0 Å². The van der Waals surface area contributed by atoms with Crippen LogP contribution in [0.3, 0.4) is 0 Å². The van der Waals surface area contributed by atoms with Gasteiger partial charge < -0.3 is 15.7 Å². The van der Waals surface area contributed by atoms with Crippen LogP contribution >= 0.6 is 0 Å². The monoisotopic (exact) mass is 268 g/mol. The van der Waals surface area contributed by atoms with Crippen molar-refractivity contribution >= 4 is 11.8 Å². The fraction of sp³-hybridized carbons (Fsp3) is 0.385. The predicted molar refractivity (Wildman–Crippen MR) is 68.3 cm³/mol. The Morgan fingerprint density at radius 1 is 1.32 bits per heavy atom. The first-order chi connectivity index (χ1) is 8.69. The lowest BCUT2D eigenvalue weighted by atomic mass is 10.1. The van der Waals surface area contributed by atoms with Crippen LogP contribution in [0.15, 0.2) is 18.2 Å². The Balaban J connectivity index is 2.61. The second-order valence-corrected chi connectivity index (χ2v) is 5.14. The highest BCUT2D eigenvalue weighted by molar-refractivity contribution is 5.98. The van der Waals surface area contributed by atoms with Crippen molar-refractivity contribution in [2.24, 2.45) is 0 Å². The molecule has 6 heteroatoms. The first-order valence-corrected chi connectivity index (χ1v) is 5.77. The molecule has 0 saturated carbocycles. The summed E-state index contributed by atoms with van der Waals surface area (Å²) in [6.45, 7) is 5.19. The van der Waals surface area contributed by atoms with Crippen LogP contribution in [0, 0.1) is 5.82 Å². The lowest BCUT2D eigenvalue weighted by molar-refractivity contribution is -0.121. The van der Waals surface area contributed by atoms with Crippen LogP contribution in [-0.2, 0) is 4.79 Å². The lowest BCUT2D eigenvalue weighted by Crippen LogP contribution is -2.45. The number of halogens is 1. The average Bonchev–Trinajstić information content (AvgIpc) is 2.27. The van der Waals surface area contributed by atoms with Gasteiger partial charge in [-0.25, -0.2) is 4.39 Å². The zero-order valence-electron chi connectivity index (χ0n) is 11.1. The standard InChI is InChI=1S/C13H17FN2O3/c1-13(2,3)16-11(18)7-15-12(19)9-6-8(14)4-5-10(9)17/h4-6,17H,7H2,1-3H3,(H,15,19)(H,16,18). The van der Waals surface area contributed by atoms with Gasteiger partial charge in [0.15, 0.2) is 0 Å². The van der Waals surface area contributed by atoms with Crippen molar-refractivity contribution in [1.29, 1.82) is 0 Å². The van der Waals surface area contributed by atoms with E-state index in [0.717, 1.165) is 18.2 Å². The molecule has 0 atom stereocenters. The molecule has 0 bridgehead atoms. The molecule has 0 radical (unpaired) electrons. The molecule has 1 aromatic rings. The van der Waals surface area contributed by atoms with Gasteiger partial charge in [0.2, 0.25) is 5.91 Å². The van der Waals surface area contributed by atoms with Crippen LogP contribution in [0.1, 0.15) is 31.1 Å². The molecule has 0 spiro atoms. The van der Waals surface area contributed by atoms with Crippen molar-refractivity contribution in [1.82, 2.24) is 10.6 Å². The Morgan fingerprint density at radius 2 is 1.95 bits per heavy atom. The van der Waals surface area contributed by atoms with Gasteiger partial charge in [-0.1, -0.05) is 0 Å². The number of rotatable bonds is 3. The highest BCUT2D eigenvalue weighted by atomic mass is 19.1. The summed E-state index contributed by atoms with van der Waals surface area (Å²) in [7, 11) is 0. The number of phenolic OH excluding ortho intramolecular Hbond substituents is 1. The number of phenols is 1. The van der Waals surface area contributed by atoms with Gasteiger partial charge in [0, 0.05) is 5.54 Å². The molecule has 2 amide bonds. The van der Waals surface area contributed by atoms with Gasteiger partial charge in [-0.05, 0) is 39.0 Å². The van der Waals surface area contributed by atoms with Gasteiger partial charge in [-0.2, -0.15) is 0 Å². The van der Waals surface area contributed by atoms with E-state index >= 15 is 0 Å². The van der Waals surface area contributed by atoms with Crippen molar-refractivity contribution in [2.45, 2.75) is 26.3 Å². The minimum Gasteiger partial charge on any atom is -0.507 e. The first-order valence-electron chi connectivity index (χ1n) is 5.77. The van der Waals surface area contributed by atoms with Crippen LogP contribution in [0.5, 0.6) is 5.75 Å². The zero-order valence-corrected chi connectivity index (χ0v) is 11.1. The topological polar surface area (TPSA) is 78.4 Å². The molecule has 0 unspecified atom stereocenters. The molecule has 1 rings (SSSR count). The maximum Gasteiger partial charge on any atom is 0.255 e. The van der Waals surface area contributed by atoms with Crippen molar-refractivity contribution in [3.63, 3.8) is 0 Å². The first kappa shape index (κ1) is 14.9. The number of nitrogens with one attached hydrogen (secondary N) is 2. The van der Waals surface area contributed by atoms with Gasteiger partial charge >= 0.3 is 0 Å². The Bertz CT molecular complexity index is 495. The number of aromatic hydroxyl groups is 1. The Labute approximate surface area is 110 Å². The minimum atomic E-state index is -0.707. The van der Waals surface area contributed by atoms with E-state index in [9.17, 15) is 19.1 Å². The molecule has 1 aromatic carbocycles. The van der Waals surface area contributed by atoms with E-state index in [0.29, 0.717) is 0 Å². The molecular weight excluding hydrogens is 251 g/mol. The van der Waals surface area contributed by atoms with Crippen LogP contribution in [-0.4, -0.2) is 29.0 Å². The summed E-state index contributed by atoms with van der Waals surface area (Å²) in [5.41, 5.74) is -0.605. The van der Waals surface area contributed by atoms with E-state index in [1.54, 1.807) is 0 Å². The molecule has 0 aliphatic rings. The number of carbonyl (C=O) groups excluding carboxylic acids is 2. The normalized spacial score (nSPS) is 10.9. The van der Waals surface area contributed by atoms with Crippen molar-refractivity contribution in [3.05, 3.63) is 29.6 Å². The van der Waals surface area contributed by atoms with Gasteiger partial charge in [0.25, 0.3) is 5.91 Å². The maximum atomic E-state index is 13.0. The summed E-state index contributed by atoms with van der Waals surface area (Å²) in [4.78, 5) is 23.2. The summed E-state index contributed by atoms with van der Waals surface area (Å²) in [6, 6.07) is 3.03. The van der Waals surface area contributed by atoms with Crippen LogP contribution in [0.4, 0.5) is 4.39 Å². The molecule has 19 heavy (non-hydrogen) atoms. The molecule has 0 aliphatic heterocycles. The summed E-state index contributed by atoms with van der Waals surface area (Å²) in [5, 5.41) is 14.4. The molecule has 104 valence electrons. The van der Waals surface area contributed by atoms with Gasteiger partial charge in [-0.3, -0.25) is 9.59 Å². The second-order valence-electron chi connectivity index (χ2n) is 5.14. The quantitative estimate of drug-likeness (QED) is 0.770. The van der Waals surface area contributed by atoms with E-state index in [-0.39, 0.29) is 23.8 Å². The highest BCUT2D eigenvalue weighted by Crippen LogP contribution is 2.17. The second kappa shape index (κ2) is 5.69. The summed E-state index contributed by atoms with van der Waals surface area (Å²) >= 11 is 0. The summed E-state index contributed by atoms with van der Waals surface area (Å²) in [5.74, 6) is -2.05. The molecule has 0 heterocycles. The van der Waals surface area contributed by atoms with Crippen LogP contribution < -0.4 is 10.6 Å². The SMILES string of the molecule is CC(C)(C)NC(=O)CNC(=O)c1cc(F)ccc1O. The van der Waals surface area contributed by atoms with E-state index < -0.39 is 17.3 Å². The molecular formula is C13H17FN2O3. The predicted octanol–water partition coefficient (Wildman–Crippen LogP) is 1.18. The largest absolute Gasteiger partial charge is 0.507 e. The van der Waals surface area contributed by atoms with Crippen molar-refractivity contribution in [3.8, 4) is 5.75 Å². The lowest BCUT2D eigenvalue weighted by Gasteiger charge is -2.20. The summed E-state index contributed by atoms with van der Waals surface area (Å²) in [6.07, 6.45) is 0. The highest BCUT2D eigenvalue weighted by Gasteiger charge is 2.16. The molecule has 5 nitrogen and oxygen atoms in total. The van der Waals surface area contributed by atoms with Crippen molar-refractivity contribution in [2.75, 3.05) is 6.54 Å². The van der Waals surface area contributed by atoms with Crippen LogP contribution in [0.25, 0.3) is 0 Å². The third-order valence-electron chi connectivity index (χ3n) is 2.13. The smallest absolute Gasteiger partial charge is 0.255 e.